The average molecular weight is 470 g/mol. The van der Waals surface area contributed by atoms with Crippen molar-refractivity contribution in [1.29, 1.82) is 0 Å². The average Bonchev–Trinajstić information content (AvgIpc) is 2.31. The van der Waals surface area contributed by atoms with Gasteiger partial charge in [0.1, 0.15) is 0 Å². The van der Waals surface area contributed by atoms with E-state index in [0.29, 0.717) is 0 Å². The van der Waals surface area contributed by atoms with Gasteiger partial charge in [-0.15, -0.1) is 0 Å². The summed E-state index contributed by atoms with van der Waals surface area (Å²) in [7, 11) is 0. The highest BCUT2D eigenvalue weighted by atomic mass is 19.4. The second-order valence-electron chi connectivity index (χ2n) is 4.42. The molecule has 0 rings (SSSR count). The first-order chi connectivity index (χ1) is 11.7. The Bertz CT molecular complexity index is 470. The van der Waals surface area contributed by atoms with Crippen molar-refractivity contribution in [2.75, 3.05) is 0 Å². The molecule has 2 nitrogen and oxygen atoms in total. The molecule has 0 saturated carbocycles. The van der Waals surface area contributed by atoms with E-state index in [0.717, 1.165) is 9.47 Å². The monoisotopic (exact) mass is 470 g/mol. The lowest BCUT2D eigenvalue weighted by molar-refractivity contribution is -0.561. The minimum atomic E-state index is -7.87. The molecule has 0 spiro atoms. The van der Waals surface area contributed by atoms with Gasteiger partial charge in [0, 0.05) is 0 Å². The van der Waals surface area contributed by atoms with Gasteiger partial charge >= 0.3 is 48.6 Å². The van der Waals surface area contributed by atoms with Gasteiger partial charge in [0.25, 0.3) is 0 Å². The molecule has 0 heterocycles. The van der Waals surface area contributed by atoms with E-state index in [1.54, 1.807) is 0 Å². The normalized spacial score (nSPS) is 16.5. The van der Waals surface area contributed by atoms with E-state index in [1.807, 2.05) is 0 Å². The van der Waals surface area contributed by atoms with Gasteiger partial charge in [0.2, 0.25) is 0 Å². The number of hydrogen-bond acceptors (Lipinski definition) is 2. The molecule has 0 amide bonds. The second kappa shape index (κ2) is 6.59. The Hall–Kier alpha value is -1.34. The molecular formula is C8F18O2. The van der Waals surface area contributed by atoms with Gasteiger partial charge in [0.15, 0.2) is 0 Å². The van der Waals surface area contributed by atoms with Gasteiger partial charge in [-0.25, -0.2) is 0 Å². The van der Waals surface area contributed by atoms with Gasteiger partial charge in [-0.1, -0.05) is 0 Å². The molecule has 0 aromatic rings. The number of alkyl halides is 18. The summed E-state index contributed by atoms with van der Waals surface area (Å²) in [4.78, 5) is 0. The van der Waals surface area contributed by atoms with E-state index >= 15 is 0 Å². The fourth-order valence-electron chi connectivity index (χ4n) is 1.02. The van der Waals surface area contributed by atoms with Crippen molar-refractivity contribution in [3.8, 4) is 0 Å². The van der Waals surface area contributed by atoms with Crippen LogP contribution in [0.2, 0.25) is 0 Å². The number of halogens is 18. The van der Waals surface area contributed by atoms with Crippen LogP contribution in [0.25, 0.3) is 0 Å². The van der Waals surface area contributed by atoms with Crippen LogP contribution < -0.4 is 0 Å². The third kappa shape index (κ3) is 4.46. The first-order valence-electron chi connectivity index (χ1n) is 5.47. The fraction of sp³-hybridized carbons (Fsp3) is 1.00. The smallest absolute Gasteiger partial charge is 0.260 e. The molecule has 0 aliphatic heterocycles. The molecule has 0 aliphatic carbocycles. The molecule has 20 heteroatoms. The summed E-state index contributed by atoms with van der Waals surface area (Å²) in [6, 6.07) is 0. The molecule has 0 saturated heterocycles. The Morgan fingerprint density at radius 2 is 0.429 bits per heavy atom. The predicted octanol–water partition coefficient (Wildman–Crippen LogP) is 5.79. The zero-order valence-electron chi connectivity index (χ0n) is 11.6. The third-order valence-electron chi connectivity index (χ3n) is 2.33. The standard InChI is InChI=1S/C8F18O2/c9-1(3(11,12)13,4(14,15)16)27-7(23,24)8(25,26)28-2(10,5(17,18)19)6(20,21)22. The van der Waals surface area contributed by atoms with Crippen molar-refractivity contribution in [2.45, 2.75) is 48.6 Å². The van der Waals surface area contributed by atoms with Crippen LogP contribution in [0.4, 0.5) is 79.0 Å². The lowest BCUT2D eigenvalue weighted by atomic mass is 10.2. The van der Waals surface area contributed by atoms with Crippen LogP contribution in [0.1, 0.15) is 0 Å². The Morgan fingerprint density at radius 3 is 0.536 bits per heavy atom. The summed E-state index contributed by atoms with van der Waals surface area (Å²) in [5.74, 6) is -15.5. The summed E-state index contributed by atoms with van der Waals surface area (Å²) in [6.45, 7) is 0. The van der Waals surface area contributed by atoms with Crippen molar-refractivity contribution in [2.24, 2.45) is 0 Å². The predicted molar refractivity (Wildman–Crippen MR) is 44.0 cm³/mol. The highest BCUT2D eigenvalue weighted by Gasteiger charge is 2.84. The number of ether oxygens (including phenoxy) is 2. The molecule has 0 fully saturated rings. The zero-order valence-corrected chi connectivity index (χ0v) is 11.6. The van der Waals surface area contributed by atoms with E-state index in [1.165, 1.54) is 0 Å². The second-order valence-corrected chi connectivity index (χ2v) is 4.42. The maximum Gasteiger partial charge on any atom is 0.458 e. The lowest BCUT2D eigenvalue weighted by Crippen LogP contribution is -2.65. The molecule has 0 aromatic carbocycles. The molecule has 0 atom stereocenters. The Balaban J connectivity index is 6.27. The summed E-state index contributed by atoms with van der Waals surface area (Å²) in [5, 5.41) is 0. The molecule has 0 radical (unpaired) electrons. The third-order valence-corrected chi connectivity index (χ3v) is 2.33. The maximum absolute atomic E-state index is 12.9. The van der Waals surface area contributed by atoms with Crippen molar-refractivity contribution in [3.05, 3.63) is 0 Å². The van der Waals surface area contributed by atoms with E-state index < -0.39 is 48.6 Å². The molecule has 0 aromatic heterocycles. The zero-order chi connectivity index (χ0) is 23.4. The molecule has 0 aliphatic rings. The fourth-order valence-corrected chi connectivity index (χ4v) is 1.02. The van der Waals surface area contributed by atoms with Crippen LogP contribution in [0.5, 0.6) is 0 Å². The molecule has 0 unspecified atom stereocenters. The van der Waals surface area contributed by atoms with Gasteiger partial charge < -0.3 is 0 Å². The lowest BCUT2D eigenvalue weighted by Gasteiger charge is -2.37. The van der Waals surface area contributed by atoms with Crippen LogP contribution in [-0.2, 0) is 9.47 Å². The van der Waals surface area contributed by atoms with Crippen LogP contribution in [0, 0.1) is 0 Å². The molecule has 0 bridgehead atoms. The number of rotatable bonds is 5. The Morgan fingerprint density at radius 1 is 0.286 bits per heavy atom. The van der Waals surface area contributed by atoms with Crippen LogP contribution in [-0.4, -0.2) is 48.6 Å². The summed E-state index contributed by atoms with van der Waals surface area (Å²) in [6.07, 6.45) is -46.4. The van der Waals surface area contributed by atoms with E-state index in [-0.39, 0.29) is 0 Å². The Kier molecular flexibility index (Phi) is 6.27. The highest BCUT2D eigenvalue weighted by molar-refractivity contribution is 4.91. The quantitative estimate of drug-likeness (QED) is 0.475. The summed E-state index contributed by atoms with van der Waals surface area (Å²) >= 11 is 0. The van der Waals surface area contributed by atoms with E-state index in [9.17, 15) is 79.0 Å². The van der Waals surface area contributed by atoms with E-state index in [4.69, 9.17) is 0 Å². The van der Waals surface area contributed by atoms with Crippen LogP contribution in [0.15, 0.2) is 0 Å². The molecule has 0 N–H and O–H groups in total. The Labute approximate surface area is 139 Å². The largest absolute Gasteiger partial charge is 0.458 e. The van der Waals surface area contributed by atoms with Gasteiger partial charge in [-0.3, -0.25) is 9.47 Å². The SMILES string of the molecule is FC(F)(F)C(F)(OC(F)(F)C(F)(F)OC(F)(C(F)(F)F)C(F)(F)F)C(F)(F)F. The highest BCUT2D eigenvalue weighted by Crippen LogP contribution is 2.55. The molecule has 170 valence electrons. The number of hydrogen-bond donors (Lipinski definition) is 0. The van der Waals surface area contributed by atoms with Gasteiger partial charge in [-0.05, 0) is 0 Å². The molecular weight excluding hydrogens is 470 g/mol. The minimum Gasteiger partial charge on any atom is -0.260 e. The summed E-state index contributed by atoms with van der Waals surface area (Å²) < 4.78 is 223. The van der Waals surface area contributed by atoms with Gasteiger partial charge in [0.05, 0.1) is 0 Å². The topological polar surface area (TPSA) is 18.5 Å². The van der Waals surface area contributed by atoms with Crippen molar-refractivity contribution in [1.82, 2.24) is 0 Å². The minimum absolute atomic E-state index is 1.16. The molecule has 28 heavy (non-hydrogen) atoms. The maximum atomic E-state index is 12.9. The van der Waals surface area contributed by atoms with Crippen LogP contribution in [0.3, 0.4) is 0 Å². The van der Waals surface area contributed by atoms with Crippen LogP contribution >= 0.6 is 0 Å². The van der Waals surface area contributed by atoms with Crippen molar-refractivity contribution in [3.63, 3.8) is 0 Å². The van der Waals surface area contributed by atoms with Crippen molar-refractivity contribution >= 4 is 0 Å². The summed E-state index contributed by atoms with van der Waals surface area (Å²) in [5.41, 5.74) is 0. The van der Waals surface area contributed by atoms with E-state index in [2.05, 4.69) is 0 Å². The first-order valence-corrected chi connectivity index (χ1v) is 5.47. The van der Waals surface area contributed by atoms with Gasteiger partial charge in [-0.2, -0.15) is 79.0 Å². The van der Waals surface area contributed by atoms with Crippen molar-refractivity contribution < 1.29 is 88.5 Å². The first kappa shape index (κ1) is 26.7.